The van der Waals surface area contributed by atoms with Crippen molar-refractivity contribution in [1.29, 1.82) is 0 Å². The van der Waals surface area contributed by atoms with Crippen molar-refractivity contribution in [2.24, 2.45) is 0 Å². The molecule has 2 unspecified atom stereocenters. The highest BCUT2D eigenvalue weighted by Crippen LogP contribution is 2.56. The summed E-state index contributed by atoms with van der Waals surface area (Å²) >= 11 is 19.5. The first kappa shape index (κ1) is 27.4. The molecule has 1 aromatic heterocycles. The van der Waals surface area contributed by atoms with Crippen LogP contribution in [0.15, 0.2) is 59.1 Å². The highest BCUT2D eigenvalue weighted by molar-refractivity contribution is 6.39. The molecule has 2 atom stereocenters. The van der Waals surface area contributed by atoms with Crippen LogP contribution >= 0.6 is 34.8 Å². The minimum atomic E-state index is -0.567. The number of carbonyl (C=O) groups excluding carboxylic acids is 2. The van der Waals surface area contributed by atoms with E-state index in [1.54, 1.807) is 24.3 Å². The third-order valence-corrected chi connectivity index (χ3v) is 7.78. The zero-order valence-corrected chi connectivity index (χ0v) is 22.5. The van der Waals surface area contributed by atoms with E-state index >= 15 is 0 Å². The molecule has 2 aliphatic carbocycles. The quantitative estimate of drug-likeness (QED) is 0.215. The molecule has 1 heterocycles. The topological polar surface area (TPSA) is 69.4 Å². The first-order chi connectivity index (χ1) is 18.8. The summed E-state index contributed by atoms with van der Waals surface area (Å²) < 4.78 is 39.1. The second-order valence-corrected chi connectivity index (χ2v) is 10.7. The Hall–Kier alpha value is -3.22. The Labute approximate surface area is 237 Å². The van der Waals surface area contributed by atoms with Gasteiger partial charge in [0.1, 0.15) is 35.4 Å². The van der Waals surface area contributed by atoms with Gasteiger partial charge in [-0.1, -0.05) is 52.1 Å². The molecule has 2 aliphatic rings. The van der Waals surface area contributed by atoms with Crippen LogP contribution in [0.4, 0.5) is 8.78 Å². The minimum Gasteiger partial charge on any atom is -0.489 e. The molecule has 0 N–H and O–H groups in total. The minimum absolute atomic E-state index is 0.0421. The Bertz CT molecular complexity index is 1520. The first-order valence-electron chi connectivity index (χ1n) is 12.1. The van der Waals surface area contributed by atoms with E-state index in [1.807, 2.05) is 12.1 Å². The monoisotopic (exact) mass is 589 g/mol. The molecule has 4 aromatic rings. The van der Waals surface area contributed by atoms with Gasteiger partial charge in [-0.25, -0.2) is 8.78 Å². The number of rotatable bonds is 7. The average Bonchev–Trinajstić information content (AvgIpc) is 3.81. The first-order valence-corrected chi connectivity index (χ1v) is 13.2. The largest absolute Gasteiger partial charge is 0.489 e. The summed E-state index contributed by atoms with van der Waals surface area (Å²) in [6.07, 6.45) is 3.11. The summed E-state index contributed by atoms with van der Waals surface area (Å²) in [5.41, 5.74) is 3.61. The zero-order chi connectivity index (χ0) is 27.7. The molecule has 0 aliphatic heterocycles. The molecule has 3 aromatic carbocycles. The van der Waals surface area contributed by atoms with Crippen molar-refractivity contribution in [3.8, 4) is 17.0 Å². The van der Waals surface area contributed by atoms with Crippen molar-refractivity contribution >= 4 is 41.0 Å². The molecule has 0 spiro atoms. The van der Waals surface area contributed by atoms with Gasteiger partial charge in [0.15, 0.2) is 0 Å². The van der Waals surface area contributed by atoms with Crippen molar-refractivity contribution < 1.29 is 27.6 Å². The van der Waals surface area contributed by atoms with Crippen LogP contribution in [0.2, 0.25) is 15.1 Å². The number of hydrogen-bond donors (Lipinski definition) is 0. The van der Waals surface area contributed by atoms with Gasteiger partial charge < -0.3 is 9.26 Å². The fourth-order valence-electron chi connectivity index (χ4n) is 4.80. The van der Waals surface area contributed by atoms with E-state index in [-0.39, 0.29) is 24.6 Å². The van der Waals surface area contributed by atoms with E-state index < -0.39 is 11.6 Å². The van der Waals surface area contributed by atoms with Gasteiger partial charge >= 0.3 is 6.15 Å². The summed E-state index contributed by atoms with van der Waals surface area (Å²) in [6, 6.07) is 14.5. The van der Waals surface area contributed by atoms with Crippen LogP contribution in [0.5, 0.6) is 5.75 Å². The van der Waals surface area contributed by atoms with Crippen molar-refractivity contribution in [2.45, 2.75) is 43.6 Å². The molecular formula is C29H20Cl3F2NO4. The summed E-state index contributed by atoms with van der Waals surface area (Å²) in [4.78, 5) is 16.2. The van der Waals surface area contributed by atoms with Gasteiger partial charge in [0, 0.05) is 22.6 Å². The molecule has 5 nitrogen and oxygen atoms in total. The summed E-state index contributed by atoms with van der Waals surface area (Å²) in [5.74, 6) is 0.728. The van der Waals surface area contributed by atoms with Crippen molar-refractivity contribution in [2.75, 3.05) is 0 Å². The number of nitrogens with zero attached hydrogens (tertiary/aromatic N) is 1. The summed E-state index contributed by atoms with van der Waals surface area (Å²) in [6.45, 7) is 0.219. The lowest BCUT2D eigenvalue weighted by Gasteiger charge is -2.11. The molecule has 6 rings (SSSR count). The highest BCUT2D eigenvalue weighted by atomic mass is 35.5. The maximum Gasteiger partial charge on any atom is 0.373 e. The lowest BCUT2D eigenvalue weighted by atomic mass is 10.0. The lowest BCUT2D eigenvalue weighted by Crippen LogP contribution is -2.00. The van der Waals surface area contributed by atoms with Gasteiger partial charge in [-0.3, -0.25) is 0 Å². The maximum atomic E-state index is 13.6. The van der Waals surface area contributed by atoms with Crippen LogP contribution in [0.1, 0.15) is 59.5 Å². The molecule has 0 radical (unpaired) electrons. The fraction of sp³-hybridized carbons (Fsp3) is 0.241. The van der Waals surface area contributed by atoms with Gasteiger partial charge in [0.2, 0.25) is 0 Å². The second kappa shape index (κ2) is 11.5. The Balaban J connectivity index is 0.000000983. The molecule has 0 amide bonds. The van der Waals surface area contributed by atoms with Crippen LogP contribution in [-0.4, -0.2) is 11.3 Å². The highest BCUT2D eigenvalue weighted by Gasteiger charge is 2.41. The lowest BCUT2D eigenvalue weighted by molar-refractivity contribution is -0.191. The fourth-order valence-corrected chi connectivity index (χ4v) is 5.69. The Morgan fingerprint density at radius 3 is 2.21 bits per heavy atom. The molecule has 200 valence electrons. The predicted molar refractivity (Wildman–Crippen MR) is 141 cm³/mol. The van der Waals surface area contributed by atoms with Crippen molar-refractivity contribution in [3.63, 3.8) is 0 Å². The van der Waals surface area contributed by atoms with Gasteiger partial charge in [0.25, 0.3) is 0 Å². The van der Waals surface area contributed by atoms with Gasteiger partial charge in [-0.05, 0) is 78.6 Å². The second-order valence-electron chi connectivity index (χ2n) is 9.45. The molecule has 2 saturated carbocycles. The molecule has 10 heteroatoms. The number of ether oxygens (including phenoxy) is 1. The summed E-state index contributed by atoms with van der Waals surface area (Å²) in [7, 11) is 0. The van der Waals surface area contributed by atoms with Crippen LogP contribution in [0.25, 0.3) is 11.3 Å². The molecule has 2 fully saturated rings. The van der Waals surface area contributed by atoms with Crippen molar-refractivity contribution in [1.82, 2.24) is 5.16 Å². The SMILES string of the molecule is Fc1cc(F)cc(C2CC2c2ccc(OCc3c(-c4c(Cl)cccc4Cl)noc3C3CC3)cc2Cl)c1.O=C=O. The van der Waals surface area contributed by atoms with Crippen LogP contribution in [-0.2, 0) is 16.2 Å². The standard InChI is InChI=1S/C28H20Cl3F2NO2.CO2/c29-23-2-1-3-24(30)26(23)27-22(28(36-34-27)14-4-5-14)13-35-18-6-7-19(25(31)11-18)21-12-20(21)15-8-16(32)10-17(33)9-15;2-1-3/h1-3,6-11,14,20-21H,4-5,12-13H2;. The molecular weight excluding hydrogens is 571 g/mol. The normalized spacial score (nSPS) is 17.7. The van der Waals surface area contributed by atoms with E-state index in [4.69, 9.17) is 53.7 Å². The van der Waals surface area contributed by atoms with Crippen LogP contribution in [0, 0.1) is 11.6 Å². The number of halogens is 5. The third-order valence-electron chi connectivity index (χ3n) is 6.82. The van der Waals surface area contributed by atoms with Crippen LogP contribution < -0.4 is 4.74 Å². The third kappa shape index (κ3) is 6.02. The number of benzene rings is 3. The predicted octanol–water partition coefficient (Wildman–Crippen LogP) is 8.72. The van der Waals surface area contributed by atoms with Gasteiger partial charge in [-0.2, -0.15) is 9.59 Å². The van der Waals surface area contributed by atoms with E-state index in [0.29, 0.717) is 43.6 Å². The van der Waals surface area contributed by atoms with E-state index in [2.05, 4.69) is 5.16 Å². The van der Waals surface area contributed by atoms with E-state index in [0.717, 1.165) is 42.2 Å². The Morgan fingerprint density at radius 2 is 1.59 bits per heavy atom. The van der Waals surface area contributed by atoms with Gasteiger partial charge in [-0.15, -0.1) is 0 Å². The van der Waals surface area contributed by atoms with Crippen LogP contribution in [0.3, 0.4) is 0 Å². The molecule has 0 bridgehead atoms. The van der Waals surface area contributed by atoms with Crippen molar-refractivity contribution in [3.05, 3.63) is 104 Å². The smallest absolute Gasteiger partial charge is 0.373 e. The zero-order valence-electron chi connectivity index (χ0n) is 20.2. The molecule has 39 heavy (non-hydrogen) atoms. The number of hydrogen-bond acceptors (Lipinski definition) is 5. The maximum absolute atomic E-state index is 13.6. The summed E-state index contributed by atoms with van der Waals surface area (Å²) in [5, 5.41) is 5.83. The number of aromatic nitrogens is 1. The van der Waals surface area contributed by atoms with E-state index in [1.165, 1.54) is 12.1 Å². The molecule has 0 saturated heterocycles. The average molecular weight is 591 g/mol. The van der Waals surface area contributed by atoms with Gasteiger partial charge in [0.05, 0.1) is 15.6 Å². The Kier molecular flexibility index (Phi) is 8.06. The van der Waals surface area contributed by atoms with E-state index in [9.17, 15) is 8.78 Å². The Morgan fingerprint density at radius 1 is 0.923 bits per heavy atom.